The highest BCUT2D eigenvalue weighted by atomic mass is 16.4. The molecule has 6 nitrogen and oxygen atoms in total. The number of carboxylic acids is 1. The molecule has 0 radical (unpaired) electrons. The van der Waals surface area contributed by atoms with E-state index in [0.717, 1.165) is 32.1 Å². The van der Waals surface area contributed by atoms with Crippen LogP contribution in [-0.4, -0.2) is 64.3 Å². The number of aliphatic hydroxyl groups excluding tert-OH is 1. The highest BCUT2D eigenvalue weighted by Gasteiger charge is 2.50. The van der Waals surface area contributed by atoms with Gasteiger partial charge in [0.25, 0.3) is 0 Å². The van der Waals surface area contributed by atoms with E-state index < -0.39 is 12.0 Å². The van der Waals surface area contributed by atoms with Crippen LogP contribution >= 0.6 is 0 Å². The number of amides is 2. The summed E-state index contributed by atoms with van der Waals surface area (Å²) in [5.41, 5.74) is 0. The number of likely N-dealkylation sites (tertiary alicyclic amines) is 2. The monoisotopic (exact) mass is 296 g/mol. The summed E-state index contributed by atoms with van der Waals surface area (Å²) in [6.45, 7) is 2.08. The molecule has 3 aliphatic rings. The number of aliphatic carboxylic acids is 1. The van der Waals surface area contributed by atoms with Crippen molar-refractivity contribution in [3.63, 3.8) is 0 Å². The van der Waals surface area contributed by atoms with Gasteiger partial charge in [-0.25, -0.2) is 9.59 Å². The lowest BCUT2D eigenvalue weighted by Crippen LogP contribution is -2.49. The number of fused-ring (bicyclic) bond motifs is 1. The van der Waals surface area contributed by atoms with Gasteiger partial charge in [0.2, 0.25) is 0 Å². The van der Waals surface area contributed by atoms with Gasteiger partial charge in [0.15, 0.2) is 0 Å². The average molecular weight is 296 g/mol. The van der Waals surface area contributed by atoms with Crippen LogP contribution in [0.3, 0.4) is 0 Å². The second kappa shape index (κ2) is 5.83. The molecule has 3 fully saturated rings. The zero-order chi connectivity index (χ0) is 15.0. The Bertz CT molecular complexity index is 428. The predicted molar refractivity (Wildman–Crippen MR) is 75.7 cm³/mol. The van der Waals surface area contributed by atoms with Crippen LogP contribution in [0.5, 0.6) is 0 Å². The van der Waals surface area contributed by atoms with Crippen LogP contribution in [0.4, 0.5) is 4.79 Å². The minimum Gasteiger partial charge on any atom is -0.480 e. The molecular formula is C15H24N2O4. The van der Waals surface area contributed by atoms with Crippen LogP contribution in [0.2, 0.25) is 0 Å². The van der Waals surface area contributed by atoms with E-state index in [2.05, 4.69) is 0 Å². The number of rotatable bonds is 3. The van der Waals surface area contributed by atoms with Crippen molar-refractivity contribution in [3.8, 4) is 0 Å². The molecule has 0 aromatic heterocycles. The van der Waals surface area contributed by atoms with Gasteiger partial charge in [-0.1, -0.05) is 6.42 Å². The largest absolute Gasteiger partial charge is 0.480 e. The second-order valence-corrected chi connectivity index (χ2v) is 6.69. The van der Waals surface area contributed by atoms with Crippen LogP contribution in [0.25, 0.3) is 0 Å². The number of urea groups is 1. The van der Waals surface area contributed by atoms with E-state index >= 15 is 0 Å². The molecule has 6 heteroatoms. The Kier molecular flexibility index (Phi) is 4.06. The third kappa shape index (κ3) is 2.61. The molecule has 3 rings (SSSR count). The Morgan fingerprint density at radius 3 is 2.67 bits per heavy atom. The molecule has 2 heterocycles. The molecule has 21 heavy (non-hydrogen) atoms. The summed E-state index contributed by atoms with van der Waals surface area (Å²) < 4.78 is 0. The van der Waals surface area contributed by atoms with Crippen molar-refractivity contribution in [3.05, 3.63) is 0 Å². The number of carbonyl (C=O) groups excluding carboxylic acids is 1. The van der Waals surface area contributed by atoms with E-state index in [1.54, 1.807) is 9.80 Å². The van der Waals surface area contributed by atoms with E-state index in [1.807, 2.05) is 0 Å². The summed E-state index contributed by atoms with van der Waals surface area (Å²) in [6.07, 6.45) is 4.69. The minimum absolute atomic E-state index is 0.114. The van der Waals surface area contributed by atoms with Crippen LogP contribution in [0.15, 0.2) is 0 Å². The van der Waals surface area contributed by atoms with Crippen molar-refractivity contribution in [1.29, 1.82) is 0 Å². The number of hydrogen-bond acceptors (Lipinski definition) is 3. The number of aliphatic hydroxyl groups is 1. The molecule has 1 saturated carbocycles. The molecule has 2 amide bonds. The fraction of sp³-hybridized carbons (Fsp3) is 0.867. The summed E-state index contributed by atoms with van der Waals surface area (Å²) in [5.74, 6) is 0.00127. The topological polar surface area (TPSA) is 81.1 Å². The average Bonchev–Trinajstić information content (AvgIpc) is 3.11. The molecule has 0 aromatic rings. The second-order valence-electron chi connectivity index (χ2n) is 6.69. The van der Waals surface area contributed by atoms with Crippen molar-refractivity contribution in [2.45, 2.75) is 38.1 Å². The first-order chi connectivity index (χ1) is 10.1. The van der Waals surface area contributed by atoms with Gasteiger partial charge in [0.05, 0.1) is 0 Å². The van der Waals surface area contributed by atoms with Crippen LogP contribution in [0, 0.1) is 17.8 Å². The lowest BCUT2D eigenvalue weighted by molar-refractivity contribution is -0.142. The molecule has 1 aliphatic carbocycles. The predicted octanol–water partition coefficient (Wildman–Crippen LogP) is 0.996. The van der Waals surface area contributed by atoms with Crippen molar-refractivity contribution in [2.24, 2.45) is 17.8 Å². The van der Waals surface area contributed by atoms with Crippen molar-refractivity contribution >= 4 is 12.0 Å². The van der Waals surface area contributed by atoms with Crippen LogP contribution in [0.1, 0.15) is 32.1 Å². The Hall–Kier alpha value is -1.30. The number of carboxylic acid groups (broad SMARTS) is 1. The standard InChI is InChI=1S/C15H24N2O4/c18-7-5-10-4-6-16(8-10)15(21)17-9-11-2-1-3-12(11)13(17)14(19)20/h10-13,18H,1-9H2,(H,19,20). The van der Waals surface area contributed by atoms with Crippen LogP contribution in [-0.2, 0) is 4.79 Å². The Labute approximate surface area is 124 Å². The van der Waals surface area contributed by atoms with Gasteiger partial charge in [-0.3, -0.25) is 0 Å². The van der Waals surface area contributed by atoms with E-state index in [1.165, 1.54) is 0 Å². The third-order valence-electron chi connectivity index (χ3n) is 5.48. The molecule has 0 spiro atoms. The molecule has 0 bridgehead atoms. The quantitative estimate of drug-likeness (QED) is 0.814. The fourth-order valence-corrected chi connectivity index (χ4v) is 4.42. The van der Waals surface area contributed by atoms with Gasteiger partial charge in [0, 0.05) is 26.2 Å². The Morgan fingerprint density at radius 1 is 1.14 bits per heavy atom. The lowest BCUT2D eigenvalue weighted by Gasteiger charge is -2.29. The van der Waals surface area contributed by atoms with Crippen LogP contribution < -0.4 is 0 Å². The summed E-state index contributed by atoms with van der Waals surface area (Å²) in [7, 11) is 0. The van der Waals surface area contributed by atoms with Gasteiger partial charge in [-0.2, -0.15) is 0 Å². The Balaban J connectivity index is 1.68. The summed E-state index contributed by atoms with van der Waals surface area (Å²) >= 11 is 0. The lowest BCUT2D eigenvalue weighted by atomic mass is 9.94. The van der Waals surface area contributed by atoms with E-state index in [9.17, 15) is 14.7 Å². The fourth-order valence-electron chi connectivity index (χ4n) is 4.42. The molecule has 2 aliphatic heterocycles. The van der Waals surface area contributed by atoms with E-state index in [4.69, 9.17) is 5.11 Å². The molecular weight excluding hydrogens is 272 g/mol. The van der Waals surface area contributed by atoms with E-state index in [0.29, 0.717) is 31.5 Å². The first-order valence-electron chi connectivity index (χ1n) is 8.01. The van der Waals surface area contributed by atoms with E-state index in [-0.39, 0.29) is 18.6 Å². The highest BCUT2D eigenvalue weighted by Crippen LogP contribution is 2.42. The van der Waals surface area contributed by atoms with Crippen molar-refractivity contribution in [1.82, 2.24) is 9.80 Å². The first-order valence-corrected chi connectivity index (χ1v) is 8.01. The number of nitrogens with zero attached hydrogens (tertiary/aromatic N) is 2. The molecule has 2 N–H and O–H groups in total. The van der Waals surface area contributed by atoms with Gasteiger partial charge in [0.1, 0.15) is 6.04 Å². The van der Waals surface area contributed by atoms with Gasteiger partial charge in [-0.05, 0) is 43.4 Å². The zero-order valence-corrected chi connectivity index (χ0v) is 12.3. The normalized spacial score (nSPS) is 35.3. The summed E-state index contributed by atoms with van der Waals surface area (Å²) in [4.78, 5) is 27.6. The van der Waals surface area contributed by atoms with Gasteiger partial charge in [-0.15, -0.1) is 0 Å². The smallest absolute Gasteiger partial charge is 0.326 e. The van der Waals surface area contributed by atoms with Crippen molar-refractivity contribution < 1.29 is 19.8 Å². The summed E-state index contributed by atoms with van der Waals surface area (Å²) in [6, 6.07) is -0.751. The highest BCUT2D eigenvalue weighted by molar-refractivity contribution is 5.84. The zero-order valence-electron chi connectivity index (χ0n) is 12.3. The maximum absolute atomic E-state index is 12.7. The number of carbonyl (C=O) groups is 2. The van der Waals surface area contributed by atoms with Crippen molar-refractivity contribution in [2.75, 3.05) is 26.2 Å². The minimum atomic E-state index is -0.858. The molecule has 2 saturated heterocycles. The van der Waals surface area contributed by atoms with Gasteiger partial charge >= 0.3 is 12.0 Å². The number of hydrogen-bond donors (Lipinski definition) is 2. The molecule has 4 unspecified atom stereocenters. The Morgan fingerprint density at radius 2 is 1.95 bits per heavy atom. The SMILES string of the molecule is O=C(O)C1C2CCCC2CN1C(=O)N1CCC(CCO)C1. The summed E-state index contributed by atoms with van der Waals surface area (Å²) in [5, 5.41) is 18.5. The molecule has 0 aromatic carbocycles. The maximum Gasteiger partial charge on any atom is 0.326 e. The first kappa shape index (κ1) is 14.6. The maximum atomic E-state index is 12.7. The van der Waals surface area contributed by atoms with Gasteiger partial charge < -0.3 is 20.0 Å². The third-order valence-corrected chi connectivity index (χ3v) is 5.48. The molecule has 118 valence electrons. The molecule has 4 atom stereocenters.